The Bertz CT molecular complexity index is 105. The number of rotatable bonds is 0. The Hall–Kier alpha value is -1.06. The smallest absolute Gasteiger partial charge is 0.399 e. The average molecular weight is 99.0 g/mol. The Morgan fingerprint density at radius 2 is 2.29 bits per heavy atom. The van der Waals surface area contributed by atoms with Crippen LogP contribution in [0, 0.1) is 6.73 Å². The molecular weight excluding hydrogens is 98.0 g/mol. The van der Waals surface area contributed by atoms with Gasteiger partial charge in [-0.2, -0.15) is 0 Å². The summed E-state index contributed by atoms with van der Waals surface area (Å²) in [4.78, 5) is 19.8. The molecule has 2 radical (unpaired) electrons. The summed E-state index contributed by atoms with van der Waals surface area (Å²) in [6.07, 6.45) is 0. The highest BCUT2D eigenvalue weighted by Gasteiger charge is 2.23. The van der Waals surface area contributed by atoms with Gasteiger partial charge in [0, 0.05) is 0 Å². The van der Waals surface area contributed by atoms with Gasteiger partial charge in [0.15, 0.2) is 0 Å². The Kier molecular flexibility index (Phi) is 0.714. The van der Waals surface area contributed by atoms with Gasteiger partial charge in [0.1, 0.15) is 0 Å². The van der Waals surface area contributed by atoms with Gasteiger partial charge >= 0.3 is 18.6 Å². The van der Waals surface area contributed by atoms with E-state index < -0.39 is 11.9 Å². The third-order valence-electron chi connectivity index (χ3n) is 0.494. The summed E-state index contributed by atoms with van der Waals surface area (Å²) in [5.41, 5.74) is 0. The van der Waals surface area contributed by atoms with E-state index in [0.717, 1.165) is 0 Å². The lowest BCUT2D eigenvalue weighted by Gasteiger charge is -1.73. The van der Waals surface area contributed by atoms with Crippen molar-refractivity contribution in [2.75, 3.05) is 0 Å². The topological polar surface area (TPSA) is 55.4 Å². The van der Waals surface area contributed by atoms with Crippen molar-refractivity contribution in [1.82, 2.24) is 5.32 Å². The van der Waals surface area contributed by atoms with Crippen LogP contribution in [0.3, 0.4) is 0 Å². The summed E-state index contributed by atoms with van der Waals surface area (Å²) < 4.78 is 3.92. The van der Waals surface area contributed by atoms with Gasteiger partial charge in [-0.25, -0.2) is 4.79 Å². The lowest BCUT2D eigenvalue weighted by molar-refractivity contribution is -0.146. The third-order valence-corrected chi connectivity index (χ3v) is 0.494. The molecule has 1 amide bonds. The number of carbonyl (C=O) groups is 2. The molecule has 1 N–H and O–H groups in total. The highest BCUT2D eigenvalue weighted by Crippen LogP contribution is 1.88. The van der Waals surface area contributed by atoms with E-state index in [1.807, 2.05) is 12.0 Å². The summed E-state index contributed by atoms with van der Waals surface area (Å²) in [5, 5.41) is 1.91. The van der Waals surface area contributed by atoms with E-state index in [2.05, 4.69) is 4.74 Å². The number of esters is 1. The number of cyclic esters (lactones) is 1. The molecule has 0 atom stereocenters. The number of carbonyl (C=O) groups excluding carboxylic acids is 2. The molecule has 0 bridgehead atoms. The molecule has 36 valence electrons. The van der Waals surface area contributed by atoms with Crippen molar-refractivity contribution in [3.05, 3.63) is 6.73 Å². The van der Waals surface area contributed by atoms with Crippen LogP contribution in [-0.2, 0) is 14.3 Å². The number of ether oxygens (including phenoxy) is 1. The van der Waals surface area contributed by atoms with Gasteiger partial charge in [-0.05, 0) is 0 Å². The van der Waals surface area contributed by atoms with Crippen LogP contribution in [0.4, 0.5) is 0 Å². The molecule has 4 nitrogen and oxygen atoms in total. The van der Waals surface area contributed by atoms with Crippen LogP contribution in [-0.4, -0.2) is 11.9 Å². The Morgan fingerprint density at radius 3 is 2.43 bits per heavy atom. The minimum absolute atomic E-state index is 0.764. The van der Waals surface area contributed by atoms with Gasteiger partial charge in [0.2, 0.25) is 0 Å². The van der Waals surface area contributed by atoms with Crippen LogP contribution in [0.1, 0.15) is 0 Å². The zero-order valence-electron chi connectivity index (χ0n) is 3.22. The number of nitrogens with one attached hydrogen (secondary N) is 1. The van der Waals surface area contributed by atoms with Crippen molar-refractivity contribution >= 4 is 11.9 Å². The summed E-state index contributed by atoms with van der Waals surface area (Å²) in [7, 11) is 0. The van der Waals surface area contributed by atoms with Gasteiger partial charge in [0.05, 0.1) is 0 Å². The first kappa shape index (κ1) is 4.11. The van der Waals surface area contributed by atoms with Crippen molar-refractivity contribution in [3.63, 3.8) is 0 Å². The normalized spacial score (nSPS) is 18.9. The van der Waals surface area contributed by atoms with Crippen LogP contribution in [0.15, 0.2) is 0 Å². The van der Waals surface area contributed by atoms with Gasteiger partial charge in [-0.3, -0.25) is 10.1 Å². The first-order chi connectivity index (χ1) is 3.30. The molecule has 7 heavy (non-hydrogen) atoms. The maximum atomic E-state index is 9.93. The molecule has 0 saturated carbocycles. The summed E-state index contributed by atoms with van der Waals surface area (Å²) in [5.74, 6) is -1.67. The molecule has 0 aromatic carbocycles. The van der Waals surface area contributed by atoms with Crippen molar-refractivity contribution in [2.24, 2.45) is 0 Å². The van der Waals surface area contributed by atoms with E-state index in [1.54, 1.807) is 0 Å². The fourth-order valence-electron chi connectivity index (χ4n) is 0.216. The predicted octanol–water partition coefficient (Wildman–Crippen LogP) is -1.34. The second kappa shape index (κ2) is 1.22. The van der Waals surface area contributed by atoms with Crippen molar-refractivity contribution < 1.29 is 14.3 Å². The van der Waals surface area contributed by atoms with Crippen molar-refractivity contribution in [2.45, 2.75) is 0 Å². The van der Waals surface area contributed by atoms with Crippen LogP contribution in [0.2, 0.25) is 0 Å². The molecule has 1 aliphatic heterocycles. The molecule has 1 rings (SSSR count). The second-order valence-electron chi connectivity index (χ2n) is 0.946. The van der Waals surface area contributed by atoms with Gasteiger partial charge in [-0.1, -0.05) is 0 Å². The van der Waals surface area contributed by atoms with E-state index in [4.69, 9.17) is 0 Å². The fraction of sp³-hybridized carbons (Fsp3) is 0. The first-order valence-electron chi connectivity index (χ1n) is 1.57. The van der Waals surface area contributed by atoms with Crippen molar-refractivity contribution in [1.29, 1.82) is 0 Å². The highest BCUT2D eigenvalue weighted by atomic mass is 16.6. The van der Waals surface area contributed by atoms with Crippen LogP contribution in [0.25, 0.3) is 0 Å². The summed E-state index contributed by atoms with van der Waals surface area (Å²) >= 11 is 0. The SMILES string of the molecule is O=C1N[C]OC1=O. The van der Waals surface area contributed by atoms with Crippen molar-refractivity contribution in [3.8, 4) is 0 Å². The quantitative estimate of drug-likeness (QED) is 0.302. The highest BCUT2D eigenvalue weighted by molar-refractivity contribution is 6.34. The van der Waals surface area contributed by atoms with Crippen LogP contribution in [0.5, 0.6) is 0 Å². The Balaban J connectivity index is 2.65. The van der Waals surface area contributed by atoms with E-state index >= 15 is 0 Å². The Labute approximate surface area is 39.4 Å². The largest absolute Gasteiger partial charge is 0.418 e. The molecule has 1 heterocycles. The molecule has 0 aromatic rings. The molecule has 0 spiro atoms. The molecule has 0 unspecified atom stereocenters. The molecule has 0 aromatic heterocycles. The minimum atomic E-state index is -0.903. The number of amides is 1. The average Bonchev–Trinajstić information content (AvgIpc) is 1.91. The summed E-state index contributed by atoms with van der Waals surface area (Å²) in [6, 6.07) is 0. The van der Waals surface area contributed by atoms with E-state index in [9.17, 15) is 9.59 Å². The minimum Gasteiger partial charge on any atom is -0.418 e. The standard InChI is InChI=1S/C3HNO3/c5-2-3(6)7-1-4-2/h(H,4,5). The number of hydrogen-bond donors (Lipinski definition) is 1. The number of hydrogen-bond acceptors (Lipinski definition) is 3. The molecule has 1 fully saturated rings. The third kappa shape index (κ3) is 0.534. The molecule has 0 aliphatic carbocycles. The summed E-state index contributed by atoms with van der Waals surface area (Å²) in [6.45, 7) is 1.87. The molecule has 1 saturated heterocycles. The lowest BCUT2D eigenvalue weighted by Crippen LogP contribution is -2.16. The zero-order valence-corrected chi connectivity index (χ0v) is 3.22. The van der Waals surface area contributed by atoms with Gasteiger partial charge in [0.25, 0.3) is 0 Å². The van der Waals surface area contributed by atoms with E-state index in [0.29, 0.717) is 0 Å². The molecule has 4 heteroatoms. The second-order valence-corrected chi connectivity index (χ2v) is 0.946. The monoisotopic (exact) mass is 99.0 g/mol. The zero-order chi connectivity index (χ0) is 5.28. The lowest BCUT2D eigenvalue weighted by atomic mass is 10.7. The predicted molar refractivity (Wildman–Crippen MR) is 17.5 cm³/mol. The van der Waals surface area contributed by atoms with Gasteiger partial charge < -0.3 is 4.74 Å². The first-order valence-corrected chi connectivity index (χ1v) is 1.57. The van der Waals surface area contributed by atoms with E-state index in [1.165, 1.54) is 0 Å². The molecule has 1 aliphatic rings. The van der Waals surface area contributed by atoms with E-state index in [-0.39, 0.29) is 0 Å². The molecular formula is C3HNO3. The Morgan fingerprint density at radius 1 is 1.57 bits per heavy atom. The maximum Gasteiger partial charge on any atom is 0.399 e. The van der Waals surface area contributed by atoms with Crippen LogP contribution < -0.4 is 5.32 Å². The van der Waals surface area contributed by atoms with Crippen LogP contribution >= 0.6 is 0 Å². The maximum absolute atomic E-state index is 9.93. The van der Waals surface area contributed by atoms with Gasteiger partial charge in [-0.15, -0.1) is 0 Å². The fourth-order valence-corrected chi connectivity index (χ4v) is 0.216.